The van der Waals surface area contributed by atoms with Gasteiger partial charge in [0, 0.05) is 6.54 Å². The lowest BCUT2D eigenvalue weighted by Crippen LogP contribution is -2.13. The first kappa shape index (κ1) is 8.74. The van der Waals surface area contributed by atoms with Crippen LogP contribution in [0.3, 0.4) is 0 Å². The predicted molar refractivity (Wildman–Crippen MR) is 53.8 cm³/mol. The average molecular weight is 198 g/mol. The van der Waals surface area contributed by atoms with Crippen molar-refractivity contribution in [1.29, 1.82) is 0 Å². The fourth-order valence-corrected chi connectivity index (χ4v) is 1.82. The maximum Gasteiger partial charge on any atom is 0.220 e. The molecule has 1 fully saturated rings. The first-order valence-electron chi connectivity index (χ1n) is 4.57. The summed E-state index contributed by atoms with van der Waals surface area (Å²) in [6.07, 6.45) is 3.77. The number of hydrogen-bond acceptors (Lipinski definition) is 3. The van der Waals surface area contributed by atoms with Crippen LogP contribution in [0, 0.1) is 10.2 Å². The molecule has 0 saturated heterocycles. The second-order valence-corrected chi connectivity index (χ2v) is 4.21. The zero-order valence-corrected chi connectivity index (χ0v) is 8.52. The largest absolute Gasteiger partial charge is 0.368 e. The molecule has 5 heteroatoms. The third-order valence-electron chi connectivity index (χ3n) is 2.99. The van der Waals surface area contributed by atoms with Crippen molar-refractivity contribution in [1.82, 2.24) is 14.8 Å². The van der Waals surface area contributed by atoms with E-state index in [1.807, 2.05) is 4.57 Å². The fourth-order valence-electron chi connectivity index (χ4n) is 1.62. The zero-order valence-electron chi connectivity index (χ0n) is 7.71. The van der Waals surface area contributed by atoms with Crippen LogP contribution in [0.4, 0.5) is 5.95 Å². The number of H-pyrrole nitrogens is 1. The normalized spacial score (nSPS) is 18.8. The van der Waals surface area contributed by atoms with Crippen molar-refractivity contribution in [2.75, 3.05) is 5.73 Å². The summed E-state index contributed by atoms with van der Waals surface area (Å²) < 4.78 is 2.53. The van der Waals surface area contributed by atoms with Crippen LogP contribution in [-0.2, 0) is 6.54 Å². The van der Waals surface area contributed by atoms with Crippen LogP contribution in [0.25, 0.3) is 0 Å². The second-order valence-electron chi connectivity index (χ2n) is 3.83. The Hall–Kier alpha value is -0.840. The number of aromatic nitrogens is 3. The van der Waals surface area contributed by atoms with E-state index in [-0.39, 0.29) is 0 Å². The van der Waals surface area contributed by atoms with Crippen LogP contribution in [-0.4, -0.2) is 14.8 Å². The third-order valence-corrected chi connectivity index (χ3v) is 3.30. The molecular weight excluding hydrogens is 184 g/mol. The van der Waals surface area contributed by atoms with E-state index < -0.39 is 0 Å². The van der Waals surface area contributed by atoms with Gasteiger partial charge < -0.3 is 5.73 Å². The van der Waals surface area contributed by atoms with Crippen molar-refractivity contribution in [3.05, 3.63) is 4.77 Å². The van der Waals surface area contributed by atoms with Crippen LogP contribution < -0.4 is 5.73 Å². The van der Waals surface area contributed by atoms with Crippen LogP contribution >= 0.6 is 12.2 Å². The van der Waals surface area contributed by atoms with Gasteiger partial charge in [0.25, 0.3) is 0 Å². The molecule has 1 heterocycles. The van der Waals surface area contributed by atoms with Gasteiger partial charge in [0.2, 0.25) is 5.95 Å². The molecule has 0 aromatic carbocycles. The molecule has 13 heavy (non-hydrogen) atoms. The number of nitrogens with two attached hydrogens (primary N) is 1. The highest BCUT2D eigenvalue weighted by Gasteiger charge is 2.41. The van der Waals surface area contributed by atoms with Gasteiger partial charge in [0.1, 0.15) is 0 Å². The molecule has 0 bridgehead atoms. The molecule has 0 amide bonds. The number of nitrogen functional groups attached to an aromatic ring is 1. The van der Waals surface area contributed by atoms with Crippen molar-refractivity contribution >= 4 is 18.2 Å². The highest BCUT2D eigenvalue weighted by Crippen LogP contribution is 2.50. The van der Waals surface area contributed by atoms with E-state index in [4.69, 9.17) is 18.0 Å². The van der Waals surface area contributed by atoms with Crippen molar-refractivity contribution < 1.29 is 0 Å². The molecule has 0 aliphatic heterocycles. The summed E-state index contributed by atoms with van der Waals surface area (Å²) in [4.78, 5) is 0. The van der Waals surface area contributed by atoms with Crippen LogP contribution in [0.15, 0.2) is 0 Å². The second kappa shape index (κ2) is 2.83. The van der Waals surface area contributed by atoms with Crippen LogP contribution in [0.2, 0.25) is 0 Å². The van der Waals surface area contributed by atoms with Crippen molar-refractivity contribution in [2.45, 2.75) is 32.7 Å². The van der Waals surface area contributed by atoms with Gasteiger partial charge in [-0.05, 0) is 36.9 Å². The molecule has 1 aromatic rings. The standard InChI is InChI=1S/C8H14N4S/c1-2-8(3-4-8)5-12-6(9)10-11-7(12)13/h2-5H2,1H3,(H2,9,10)(H,11,13). The Kier molecular flexibility index (Phi) is 1.91. The maximum absolute atomic E-state index is 5.68. The van der Waals surface area contributed by atoms with Crippen molar-refractivity contribution in [3.8, 4) is 0 Å². The minimum Gasteiger partial charge on any atom is -0.368 e. The topological polar surface area (TPSA) is 59.6 Å². The number of aromatic amines is 1. The maximum atomic E-state index is 5.68. The zero-order chi connectivity index (χ0) is 9.47. The SMILES string of the molecule is CCC1(Cn2c(N)n[nH]c2=S)CC1. The van der Waals surface area contributed by atoms with E-state index in [1.54, 1.807) is 0 Å². The van der Waals surface area contributed by atoms with Gasteiger partial charge in [-0.15, -0.1) is 5.10 Å². The minimum atomic E-state index is 0.455. The minimum absolute atomic E-state index is 0.455. The predicted octanol–water partition coefficient (Wildman–Crippen LogP) is 1.71. The molecule has 72 valence electrons. The van der Waals surface area contributed by atoms with E-state index in [9.17, 15) is 0 Å². The molecule has 0 unspecified atom stereocenters. The van der Waals surface area contributed by atoms with E-state index in [2.05, 4.69) is 17.1 Å². The quantitative estimate of drug-likeness (QED) is 0.727. The van der Waals surface area contributed by atoms with Crippen molar-refractivity contribution in [2.24, 2.45) is 5.41 Å². The Morgan fingerprint density at radius 2 is 2.38 bits per heavy atom. The van der Waals surface area contributed by atoms with Gasteiger partial charge in [-0.2, -0.15) is 0 Å². The molecule has 1 aliphatic rings. The van der Waals surface area contributed by atoms with Crippen LogP contribution in [0.1, 0.15) is 26.2 Å². The fraction of sp³-hybridized carbons (Fsp3) is 0.750. The van der Waals surface area contributed by atoms with E-state index in [1.165, 1.54) is 19.3 Å². The Labute approximate surface area is 82.1 Å². The van der Waals surface area contributed by atoms with E-state index in [0.29, 0.717) is 16.1 Å². The summed E-state index contributed by atoms with van der Waals surface area (Å²) in [6.45, 7) is 3.14. The van der Waals surface area contributed by atoms with E-state index >= 15 is 0 Å². The molecule has 0 spiro atoms. The lowest BCUT2D eigenvalue weighted by atomic mass is 10.0. The summed E-state index contributed by atoms with van der Waals surface area (Å²) >= 11 is 5.08. The molecule has 4 nitrogen and oxygen atoms in total. The highest BCUT2D eigenvalue weighted by atomic mass is 32.1. The Morgan fingerprint density at radius 3 is 2.77 bits per heavy atom. The van der Waals surface area contributed by atoms with Crippen LogP contribution in [0.5, 0.6) is 0 Å². The van der Waals surface area contributed by atoms with Gasteiger partial charge in [-0.25, -0.2) is 5.10 Å². The summed E-state index contributed by atoms with van der Waals surface area (Å²) in [5.74, 6) is 0.504. The first-order valence-corrected chi connectivity index (χ1v) is 4.98. The van der Waals surface area contributed by atoms with Gasteiger partial charge >= 0.3 is 0 Å². The van der Waals surface area contributed by atoms with Gasteiger partial charge in [-0.1, -0.05) is 6.92 Å². The summed E-state index contributed by atoms with van der Waals surface area (Å²) in [7, 11) is 0. The third kappa shape index (κ3) is 1.48. The Morgan fingerprint density at radius 1 is 1.69 bits per heavy atom. The molecule has 0 radical (unpaired) electrons. The number of nitrogens with zero attached hydrogens (tertiary/aromatic N) is 2. The molecular formula is C8H14N4S. The van der Waals surface area contributed by atoms with Crippen molar-refractivity contribution in [3.63, 3.8) is 0 Å². The number of nitrogens with one attached hydrogen (secondary N) is 1. The van der Waals surface area contributed by atoms with E-state index in [0.717, 1.165) is 6.54 Å². The first-order chi connectivity index (χ1) is 6.17. The smallest absolute Gasteiger partial charge is 0.220 e. The number of rotatable bonds is 3. The Bertz CT molecular complexity index is 360. The lowest BCUT2D eigenvalue weighted by Gasteiger charge is -2.12. The number of anilines is 1. The molecule has 1 aromatic heterocycles. The average Bonchev–Trinajstić information content (AvgIpc) is 2.84. The lowest BCUT2D eigenvalue weighted by molar-refractivity contribution is 0.409. The summed E-state index contributed by atoms with van der Waals surface area (Å²) in [6, 6.07) is 0. The molecule has 2 rings (SSSR count). The highest BCUT2D eigenvalue weighted by molar-refractivity contribution is 7.71. The molecule has 3 N–H and O–H groups in total. The molecule has 0 atom stereocenters. The number of hydrogen-bond donors (Lipinski definition) is 2. The Balaban J connectivity index is 2.22. The van der Waals surface area contributed by atoms with Gasteiger partial charge in [0.15, 0.2) is 4.77 Å². The van der Waals surface area contributed by atoms with Gasteiger partial charge in [-0.3, -0.25) is 4.57 Å². The summed E-state index contributed by atoms with van der Waals surface area (Å²) in [5, 5.41) is 6.59. The molecule has 1 aliphatic carbocycles. The monoisotopic (exact) mass is 198 g/mol. The summed E-state index contributed by atoms with van der Waals surface area (Å²) in [5.41, 5.74) is 6.14. The van der Waals surface area contributed by atoms with Gasteiger partial charge in [0.05, 0.1) is 0 Å². The molecule has 1 saturated carbocycles.